The van der Waals surface area contributed by atoms with Crippen molar-refractivity contribution in [2.75, 3.05) is 11.9 Å². The van der Waals surface area contributed by atoms with E-state index in [2.05, 4.69) is 35.1 Å². The maximum absolute atomic E-state index is 12.0. The second-order valence-electron chi connectivity index (χ2n) is 5.26. The molecule has 1 aromatic carbocycles. The highest BCUT2D eigenvalue weighted by Crippen LogP contribution is 2.21. The van der Waals surface area contributed by atoms with Crippen molar-refractivity contribution in [2.45, 2.75) is 38.8 Å². The van der Waals surface area contributed by atoms with E-state index in [9.17, 15) is 4.79 Å². The Balaban J connectivity index is 1.69. The zero-order valence-electron chi connectivity index (χ0n) is 11.8. The summed E-state index contributed by atoms with van der Waals surface area (Å²) < 4.78 is 7.67. The Labute approximate surface area is 118 Å². The number of ether oxygens (including phenoxy) is 1. The fourth-order valence-electron chi connectivity index (χ4n) is 2.78. The summed E-state index contributed by atoms with van der Waals surface area (Å²) in [7, 11) is 0. The summed E-state index contributed by atoms with van der Waals surface area (Å²) in [4.78, 5) is 12.0. The molecule has 0 saturated carbocycles. The number of amides is 1. The molecule has 1 atom stereocenters. The number of benzene rings is 1. The summed E-state index contributed by atoms with van der Waals surface area (Å²) in [5.41, 5.74) is 2.05. The maximum Gasteiger partial charge on any atom is 0.226 e. The number of hydrogen-bond donors (Lipinski definition) is 1. The summed E-state index contributed by atoms with van der Waals surface area (Å²) >= 11 is 0. The predicted octanol–water partition coefficient (Wildman–Crippen LogP) is 3.17. The third kappa shape index (κ3) is 2.70. The predicted molar refractivity (Wildman–Crippen MR) is 79.8 cm³/mol. The molecule has 1 fully saturated rings. The van der Waals surface area contributed by atoms with Gasteiger partial charge < -0.3 is 14.6 Å². The standard InChI is InChI=1S/C16H20N2O2/c1-2-18-8-7-12-10-13(5-6-15(12)18)17-16(19)11-14-4-3-9-20-14/h5-8,10,14H,2-4,9,11H2,1H3,(H,17,19)/t14-/m1/s1. The van der Waals surface area contributed by atoms with E-state index in [1.807, 2.05) is 12.1 Å². The van der Waals surface area contributed by atoms with Gasteiger partial charge in [0.2, 0.25) is 5.91 Å². The van der Waals surface area contributed by atoms with Crippen LogP contribution in [-0.2, 0) is 16.1 Å². The third-order valence-corrected chi connectivity index (χ3v) is 3.83. The smallest absolute Gasteiger partial charge is 0.226 e. The second kappa shape index (κ2) is 5.67. The van der Waals surface area contributed by atoms with E-state index >= 15 is 0 Å². The second-order valence-corrected chi connectivity index (χ2v) is 5.26. The topological polar surface area (TPSA) is 43.3 Å². The molecule has 0 spiro atoms. The van der Waals surface area contributed by atoms with E-state index in [1.54, 1.807) is 0 Å². The number of fused-ring (bicyclic) bond motifs is 1. The van der Waals surface area contributed by atoms with E-state index in [4.69, 9.17) is 4.74 Å². The lowest BCUT2D eigenvalue weighted by atomic mass is 10.1. The van der Waals surface area contributed by atoms with Gasteiger partial charge in [-0.2, -0.15) is 0 Å². The third-order valence-electron chi connectivity index (χ3n) is 3.83. The molecule has 1 saturated heterocycles. The van der Waals surface area contributed by atoms with Gasteiger partial charge in [-0.25, -0.2) is 0 Å². The van der Waals surface area contributed by atoms with Gasteiger partial charge in [0.05, 0.1) is 12.5 Å². The quantitative estimate of drug-likeness (QED) is 0.929. The lowest BCUT2D eigenvalue weighted by molar-refractivity contribution is -0.118. The Morgan fingerprint density at radius 2 is 2.35 bits per heavy atom. The van der Waals surface area contributed by atoms with Gasteiger partial charge in [-0.3, -0.25) is 4.79 Å². The molecular formula is C16H20N2O2. The lowest BCUT2D eigenvalue weighted by Crippen LogP contribution is -2.19. The van der Waals surface area contributed by atoms with Crippen LogP contribution in [0.1, 0.15) is 26.2 Å². The highest BCUT2D eigenvalue weighted by atomic mass is 16.5. The normalized spacial score (nSPS) is 18.6. The molecule has 4 heteroatoms. The Kier molecular flexibility index (Phi) is 3.74. The van der Waals surface area contributed by atoms with Gasteiger partial charge in [0.15, 0.2) is 0 Å². The first-order valence-electron chi connectivity index (χ1n) is 7.26. The fraction of sp³-hybridized carbons (Fsp3) is 0.438. The average molecular weight is 272 g/mol. The highest BCUT2D eigenvalue weighted by molar-refractivity contribution is 5.94. The number of nitrogens with zero attached hydrogens (tertiary/aromatic N) is 1. The summed E-state index contributed by atoms with van der Waals surface area (Å²) in [5.74, 6) is 0.0335. The number of hydrogen-bond acceptors (Lipinski definition) is 2. The number of rotatable bonds is 4. The fourth-order valence-corrected chi connectivity index (χ4v) is 2.78. The van der Waals surface area contributed by atoms with Gasteiger partial charge >= 0.3 is 0 Å². The molecular weight excluding hydrogens is 252 g/mol. The minimum absolute atomic E-state index is 0.0335. The molecule has 2 aromatic rings. The van der Waals surface area contributed by atoms with E-state index in [-0.39, 0.29) is 12.0 Å². The lowest BCUT2D eigenvalue weighted by Gasteiger charge is -2.10. The SMILES string of the molecule is CCn1ccc2cc(NC(=O)C[C@H]3CCCO3)ccc21. The minimum atomic E-state index is 0.0335. The molecule has 4 nitrogen and oxygen atoms in total. The zero-order chi connectivity index (χ0) is 13.9. The molecule has 1 aliphatic rings. The molecule has 1 aromatic heterocycles. The van der Waals surface area contributed by atoms with Crippen LogP contribution in [0, 0.1) is 0 Å². The molecule has 106 valence electrons. The van der Waals surface area contributed by atoms with Crippen LogP contribution in [0.15, 0.2) is 30.5 Å². The van der Waals surface area contributed by atoms with Crippen molar-refractivity contribution in [1.29, 1.82) is 0 Å². The van der Waals surface area contributed by atoms with Crippen molar-refractivity contribution >= 4 is 22.5 Å². The van der Waals surface area contributed by atoms with Crippen LogP contribution in [0.3, 0.4) is 0 Å². The number of nitrogens with one attached hydrogen (secondary N) is 1. The molecule has 0 aliphatic carbocycles. The Hall–Kier alpha value is -1.81. The van der Waals surface area contributed by atoms with Crippen LogP contribution >= 0.6 is 0 Å². The average Bonchev–Trinajstić information content (AvgIpc) is 3.07. The summed E-state index contributed by atoms with van der Waals surface area (Å²) in [5, 5.41) is 4.11. The first kappa shape index (κ1) is 13.2. The van der Waals surface area contributed by atoms with Gasteiger partial charge in [0.25, 0.3) is 0 Å². The monoisotopic (exact) mass is 272 g/mol. The van der Waals surface area contributed by atoms with Gasteiger partial charge in [-0.15, -0.1) is 0 Å². The largest absolute Gasteiger partial charge is 0.378 e. The van der Waals surface area contributed by atoms with Crippen molar-refractivity contribution in [3.8, 4) is 0 Å². The highest BCUT2D eigenvalue weighted by Gasteiger charge is 2.19. The van der Waals surface area contributed by atoms with Crippen LogP contribution in [0.25, 0.3) is 10.9 Å². The molecule has 3 rings (SSSR count). The van der Waals surface area contributed by atoms with E-state index in [1.165, 1.54) is 5.52 Å². The molecule has 0 bridgehead atoms. The molecule has 1 N–H and O–H groups in total. The van der Waals surface area contributed by atoms with Gasteiger partial charge in [0.1, 0.15) is 0 Å². The Morgan fingerprint density at radius 3 is 3.10 bits per heavy atom. The summed E-state index contributed by atoms with van der Waals surface area (Å²) in [6.45, 7) is 3.86. The number of aryl methyl sites for hydroxylation is 1. The van der Waals surface area contributed by atoms with Gasteiger partial charge in [-0.1, -0.05) is 0 Å². The first-order chi connectivity index (χ1) is 9.76. The van der Waals surface area contributed by atoms with Crippen LogP contribution in [0.4, 0.5) is 5.69 Å². The van der Waals surface area contributed by atoms with Crippen molar-refractivity contribution in [2.24, 2.45) is 0 Å². The number of carbonyl (C=O) groups is 1. The van der Waals surface area contributed by atoms with Crippen LogP contribution in [0.5, 0.6) is 0 Å². The molecule has 1 aliphatic heterocycles. The number of aromatic nitrogens is 1. The number of anilines is 1. The first-order valence-corrected chi connectivity index (χ1v) is 7.26. The minimum Gasteiger partial charge on any atom is -0.378 e. The van der Waals surface area contributed by atoms with Crippen molar-refractivity contribution in [3.05, 3.63) is 30.5 Å². The molecule has 0 radical (unpaired) electrons. The van der Waals surface area contributed by atoms with Crippen molar-refractivity contribution in [1.82, 2.24) is 4.57 Å². The summed E-state index contributed by atoms with van der Waals surface area (Å²) in [6, 6.07) is 8.12. The Morgan fingerprint density at radius 1 is 1.45 bits per heavy atom. The van der Waals surface area contributed by atoms with E-state index in [0.29, 0.717) is 6.42 Å². The molecule has 0 unspecified atom stereocenters. The van der Waals surface area contributed by atoms with Crippen molar-refractivity contribution < 1.29 is 9.53 Å². The van der Waals surface area contributed by atoms with Gasteiger partial charge in [-0.05, 0) is 44.0 Å². The molecule has 2 heterocycles. The van der Waals surface area contributed by atoms with Gasteiger partial charge in [0, 0.05) is 35.9 Å². The van der Waals surface area contributed by atoms with E-state index < -0.39 is 0 Å². The van der Waals surface area contributed by atoms with Crippen LogP contribution < -0.4 is 5.32 Å². The maximum atomic E-state index is 12.0. The summed E-state index contributed by atoms with van der Waals surface area (Å²) in [6.07, 6.45) is 4.68. The van der Waals surface area contributed by atoms with Crippen LogP contribution in [-0.4, -0.2) is 23.2 Å². The van der Waals surface area contributed by atoms with Crippen molar-refractivity contribution in [3.63, 3.8) is 0 Å². The molecule has 1 amide bonds. The number of carbonyl (C=O) groups excluding carboxylic acids is 1. The zero-order valence-corrected chi connectivity index (χ0v) is 11.8. The van der Waals surface area contributed by atoms with E-state index in [0.717, 1.165) is 37.1 Å². The van der Waals surface area contributed by atoms with Crippen LogP contribution in [0.2, 0.25) is 0 Å². The molecule has 20 heavy (non-hydrogen) atoms. The Bertz CT molecular complexity index is 612.